The monoisotopic (exact) mass is 338 g/mol. The maximum atomic E-state index is 12.1. The van der Waals surface area contributed by atoms with Gasteiger partial charge in [0.25, 0.3) is 0 Å². The first kappa shape index (κ1) is 16.2. The van der Waals surface area contributed by atoms with E-state index in [1.165, 1.54) is 0 Å². The van der Waals surface area contributed by atoms with E-state index in [1.807, 2.05) is 19.1 Å². The molecule has 0 saturated carbocycles. The Balaban J connectivity index is 1.69. The van der Waals surface area contributed by atoms with E-state index in [2.05, 4.69) is 19.8 Å². The lowest BCUT2D eigenvalue weighted by molar-refractivity contribution is 0.331. The molecule has 1 aliphatic heterocycles. The molecule has 0 amide bonds. The van der Waals surface area contributed by atoms with Gasteiger partial charge in [0.1, 0.15) is 11.5 Å². The highest BCUT2D eigenvalue weighted by atomic mass is 32.2. The third-order valence-corrected chi connectivity index (χ3v) is 6.07. The second-order valence-corrected chi connectivity index (χ2v) is 7.91. The molecule has 0 radical (unpaired) electrons. The molecule has 1 fully saturated rings. The van der Waals surface area contributed by atoms with Crippen LogP contribution in [0, 0.1) is 6.92 Å². The van der Waals surface area contributed by atoms with Gasteiger partial charge in [-0.05, 0) is 32.0 Å². The molecule has 1 unspecified atom stereocenters. The molecule has 8 heteroatoms. The van der Waals surface area contributed by atoms with Gasteiger partial charge in [0.2, 0.25) is 10.0 Å². The third kappa shape index (κ3) is 3.49. The predicted octanol–water partition coefficient (Wildman–Crippen LogP) is 1.49. The zero-order chi connectivity index (χ0) is 16.4. The Morgan fingerprint density at radius 2 is 2.30 bits per heavy atom. The minimum atomic E-state index is -3.21. The second kappa shape index (κ2) is 6.46. The normalized spacial score (nSPS) is 19.5. The van der Waals surface area contributed by atoms with Crippen LogP contribution in [-0.4, -0.2) is 48.4 Å². The lowest BCUT2D eigenvalue weighted by Crippen LogP contribution is -2.36. The predicted molar refractivity (Wildman–Crippen MR) is 87.3 cm³/mol. The van der Waals surface area contributed by atoms with E-state index in [-0.39, 0.29) is 5.25 Å². The Kier molecular flexibility index (Phi) is 4.56. The van der Waals surface area contributed by atoms with E-state index < -0.39 is 10.0 Å². The summed E-state index contributed by atoms with van der Waals surface area (Å²) in [5.74, 6) is 1.60. The van der Waals surface area contributed by atoms with Crippen LogP contribution in [-0.2, 0) is 16.6 Å². The van der Waals surface area contributed by atoms with Crippen molar-refractivity contribution < 1.29 is 12.8 Å². The van der Waals surface area contributed by atoms with Crippen LogP contribution in [0.4, 0.5) is 0 Å². The Bertz CT molecular complexity index is 765. The molecule has 1 aliphatic rings. The van der Waals surface area contributed by atoms with E-state index in [1.54, 1.807) is 13.1 Å². The summed E-state index contributed by atoms with van der Waals surface area (Å²) in [6.45, 7) is 6.09. The van der Waals surface area contributed by atoms with Crippen LogP contribution < -0.4 is 4.72 Å². The van der Waals surface area contributed by atoms with E-state index in [0.29, 0.717) is 26.1 Å². The molecule has 3 heterocycles. The van der Waals surface area contributed by atoms with Crippen molar-refractivity contribution in [2.75, 3.05) is 19.6 Å². The molecule has 3 rings (SSSR count). The zero-order valence-electron chi connectivity index (χ0n) is 13.4. The number of aromatic nitrogens is 2. The van der Waals surface area contributed by atoms with Crippen LogP contribution in [0.2, 0.25) is 0 Å². The number of nitrogens with one attached hydrogen (secondary N) is 2. The zero-order valence-corrected chi connectivity index (χ0v) is 14.2. The molecule has 0 aromatic carbocycles. The van der Waals surface area contributed by atoms with Crippen LogP contribution >= 0.6 is 0 Å². The fraction of sp³-hybridized carbons (Fsp3) is 0.533. The minimum absolute atomic E-state index is 0.344. The van der Waals surface area contributed by atoms with Crippen LogP contribution in [0.25, 0.3) is 11.5 Å². The quantitative estimate of drug-likeness (QED) is 0.833. The smallest absolute Gasteiger partial charge is 0.215 e. The molecular weight excluding hydrogens is 316 g/mol. The number of likely N-dealkylation sites (tertiary alicyclic amines) is 1. The number of aryl methyl sites for hydroxylation is 1. The van der Waals surface area contributed by atoms with Gasteiger partial charge in [0.05, 0.1) is 11.4 Å². The fourth-order valence-corrected chi connectivity index (χ4v) is 4.43. The summed E-state index contributed by atoms with van der Waals surface area (Å²) >= 11 is 0. The summed E-state index contributed by atoms with van der Waals surface area (Å²) in [5.41, 5.74) is 1.87. The largest absolute Gasteiger partial charge is 0.460 e. The van der Waals surface area contributed by atoms with Crippen molar-refractivity contribution in [1.82, 2.24) is 19.8 Å². The average Bonchev–Trinajstić information content (AvgIpc) is 3.20. The summed E-state index contributed by atoms with van der Waals surface area (Å²) < 4.78 is 32.4. The van der Waals surface area contributed by atoms with Crippen molar-refractivity contribution >= 4 is 10.0 Å². The van der Waals surface area contributed by atoms with Crippen molar-refractivity contribution in [3.8, 4) is 11.5 Å². The summed E-state index contributed by atoms with van der Waals surface area (Å²) in [5, 5.41) is 6.73. The molecule has 0 aliphatic carbocycles. The molecule has 7 nitrogen and oxygen atoms in total. The second-order valence-electron chi connectivity index (χ2n) is 5.87. The van der Waals surface area contributed by atoms with Crippen molar-refractivity contribution in [3.63, 3.8) is 0 Å². The van der Waals surface area contributed by atoms with Crippen LogP contribution in [0.15, 0.2) is 22.7 Å². The number of furan rings is 1. The molecule has 1 saturated heterocycles. The van der Waals surface area contributed by atoms with Gasteiger partial charge in [-0.25, -0.2) is 13.1 Å². The molecule has 2 aromatic rings. The van der Waals surface area contributed by atoms with Gasteiger partial charge < -0.3 is 4.42 Å². The molecule has 2 N–H and O–H groups in total. The molecule has 2 aromatic heterocycles. The molecule has 23 heavy (non-hydrogen) atoms. The van der Waals surface area contributed by atoms with E-state index in [9.17, 15) is 8.42 Å². The molecule has 0 spiro atoms. The number of sulfonamides is 1. The lowest BCUT2D eigenvalue weighted by atomic mass is 10.2. The van der Waals surface area contributed by atoms with Gasteiger partial charge in [-0.2, -0.15) is 5.10 Å². The first-order valence-corrected chi connectivity index (χ1v) is 9.34. The molecule has 0 bridgehead atoms. The number of rotatable bonds is 6. The first-order chi connectivity index (χ1) is 11.0. The SMILES string of the molecule is CCNS(=O)(=O)C1CCN(Cc2cn[nH]c2-c2ccc(C)o2)C1. The average molecular weight is 338 g/mol. The summed E-state index contributed by atoms with van der Waals surface area (Å²) in [4.78, 5) is 2.14. The number of aromatic amines is 1. The van der Waals surface area contributed by atoms with Gasteiger partial charge in [-0.3, -0.25) is 10.00 Å². The first-order valence-electron chi connectivity index (χ1n) is 7.79. The molecule has 1 atom stereocenters. The van der Waals surface area contributed by atoms with Crippen molar-refractivity contribution in [3.05, 3.63) is 29.7 Å². The highest BCUT2D eigenvalue weighted by Crippen LogP contribution is 2.26. The van der Waals surface area contributed by atoms with E-state index in [0.717, 1.165) is 29.3 Å². The summed E-state index contributed by atoms with van der Waals surface area (Å²) in [6.07, 6.45) is 2.43. The number of hydrogen-bond acceptors (Lipinski definition) is 5. The van der Waals surface area contributed by atoms with Crippen LogP contribution in [0.1, 0.15) is 24.7 Å². The molecular formula is C15H22N4O3S. The van der Waals surface area contributed by atoms with Crippen molar-refractivity contribution in [2.45, 2.75) is 32.1 Å². The number of hydrogen-bond donors (Lipinski definition) is 2. The van der Waals surface area contributed by atoms with Gasteiger partial charge in [-0.1, -0.05) is 6.92 Å². The number of H-pyrrole nitrogens is 1. The maximum absolute atomic E-state index is 12.1. The van der Waals surface area contributed by atoms with Gasteiger partial charge >= 0.3 is 0 Å². The Labute approximate surface area is 136 Å². The maximum Gasteiger partial charge on any atom is 0.215 e. The van der Waals surface area contributed by atoms with Crippen LogP contribution in [0.5, 0.6) is 0 Å². The van der Waals surface area contributed by atoms with Gasteiger partial charge in [0, 0.05) is 25.2 Å². The Morgan fingerprint density at radius 1 is 1.48 bits per heavy atom. The van der Waals surface area contributed by atoms with Gasteiger partial charge in [-0.15, -0.1) is 0 Å². The summed E-state index contributed by atoms with van der Waals surface area (Å²) in [7, 11) is -3.21. The standard InChI is InChI=1S/C15H22N4O3S/c1-3-17-23(20,21)13-6-7-19(10-13)9-12-8-16-18-15(12)14-5-4-11(2)22-14/h4-5,8,13,17H,3,6-7,9-10H2,1-2H3,(H,16,18). The fourth-order valence-electron chi connectivity index (χ4n) is 2.97. The highest BCUT2D eigenvalue weighted by molar-refractivity contribution is 7.90. The summed E-state index contributed by atoms with van der Waals surface area (Å²) in [6, 6.07) is 3.82. The Hall–Kier alpha value is -1.64. The lowest BCUT2D eigenvalue weighted by Gasteiger charge is -2.16. The third-order valence-electron chi connectivity index (χ3n) is 4.11. The molecule has 126 valence electrons. The highest BCUT2D eigenvalue weighted by Gasteiger charge is 2.32. The number of nitrogens with zero attached hydrogens (tertiary/aromatic N) is 2. The topological polar surface area (TPSA) is 91.2 Å². The van der Waals surface area contributed by atoms with Crippen LogP contribution in [0.3, 0.4) is 0 Å². The minimum Gasteiger partial charge on any atom is -0.460 e. The van der Waals surface area contributed by atoms with Gasteiger partial charge in [0.15, 0.2) is 5.76 Å². The van der Waals surface area contributed by atoms with Crippen molar-refractivity contribution in [1.29, 1.82) is 0 Å². The van der Waals surface area contributed by atoms with E-state index >= 15 is 0 Å². The van der Waals surface area contributed by atoms with Crippen molar-refractivity contribution in [2.24, 2.45) is 0 Å². The Morgan fingerprint density at radius 3 is 3.00 bits per heavy atom. The van der Waals surface area contributed by atoms with E-state index in [4.69, 9.17) is 4.42 Å².